The number of aromatic hydroxyl groups is 1. The summed E-state index contributed by atoms with van der Waals surface area (Å²) in [5.41, 5.74) is 4.02. The third-order valence-electron chi connectivity index (χ3n) is 11.9. The van der Waals surface area contributed by atoms with Crippen molar-refractivity contribution in [3.63, 3.8) is 0 Å². The monoisotopic (exact) mass is 782 g/mol. The number of imide groups is 1. The Morgan fingerprint density at radius 3 is 2.27 bits per heavy atom. The highest BCUT2D eigenvalue weighted by molar-refractivity contribution is 6.56. The number of methoxy groups -OCH3 is 1. The van der Waals surface area contributed by atoms with Gasteiger partial charge in [-0.25, -0.2) is 14.9 Å². The first-order valence-corrected chi connectivity index (χ1v) is 19.6. The van der Waals surface area contributed by atoms with E-state index >= 15 is 0 Å². The van der Waals surface area contributed by atoms with Gasteiger partial charge in [0.2, 0.25) is 17.6 Å². The number of anilines is 1. The first-order chi connectivity index (χ1) is 28.6. The van der Waals surface area contributed by atoms with Crippen LogP contribution in [-0.4, -0.2) is 56.1 Å². The number of fused-ring (bicyclic) bond motifs is 10. The van der Waals surface area contributed by atoms with Gasteiger partial charge in [-0.15, -0.1) is 0 Å². The molecule has 2 amide bonds. The molecular weight excluding hydrogens is 745 g/mol. The number of ether oxygens (including phenoxy) is 1. The van der Waals surface area contributed by atoms with Gasteiger partial charge in [0.25, 0.3) is 5.56 Å². The maximum Gasteiger partial charge on any atom is 0.266 e. The van der Waals surface area contributed by atoms with E-state index in [1.54, 1.807) is 54.1 Å². The van der Waals surface area contributed by atoms with Crippen molar-refractivity contribution >= 4 is 56.5 Å². The van der Waals surface area contributed by atoms with Gasteiger partial charge in [-0.05, 0) is 73.0 Å². The number of aromatic nitrogens is 3. The molecule has 5 aromatic carbocycles. The van der Waals surface area contributed by atoms with Crippen LogP contribution in [-0.2, 0) is 15.1 Å². The number of carbonyl (C=O) groups excluding carboxylic acids is 3. The minimum atomic E-state index is -1.13. The Hall–Kier alpha value is -7.18. The second-order valence-electron chi connectivity index (χ2n) is 15.7. The smallest absolute Gasteiger partial charge is 0.266 e. The summed E-state index contributed by atoms with van der Waals surface area (Å²) in [6.07, 6.45) is 0.693. The molecule has 11 rings (SSSR count). The lowest BCUT2D eigenvalue weighted by Crippen LogP contribution is -2.50. The lowest BCUT2D eigenvalue weighted by Gasteiger charge is -2.32. The molecule has 0 aliphatic carbocycles. The van der Waals surface area contributed by atoms with Crippen LogP contribution < -0.4 is 20.5 Å². The van der Waals surface area contributed by atoms with Gasteiger partial charge in [0.15, 0.2) is 5.88 Å². The van der Waals surface area contributed by atoms with E-state index in [1.807, 2.05) is 78.9 Å². The molecule has 59 heavy (non-hydrogen) atoms. The lowest BCUT2D eigenvalue weighted by atomic mass is 9.75. The molecule has 2 saturated heterocycles. The minimum Gasteiger partial charge on any atom is -0.497 e. The summed E-state index contributed by atoms with van der Waals surface area (Å²) in [5, 5.41) is 15.2. The van der Waals surface area contributed by atoms with Crippen LogP contribution in [0.4, 0.5) is 11.4 Å². The van der Waals surface area contributed by atoms with Gasteiger partial charge in [0, 0.05) is 28.1 Å². The predicted octanol–water partition coefficient (Wildman–Crippen LogP) is 6.97. The Bertz CT molecular complexity index is 3000. The number of ketones is 1. The number of H-pyrrole nitrogens is 1. The molecule has 12 nitrogen and oxygen atoms in total. The number of Topliss-reactive ketones (excluding diaryl/α,β-unsaturated/α-hetero) is 1. The van der Waals surface area contributed by atoms with Crippen molar-refractivity contribution in [1.29, 1.82) is 0 Å². The van der Waals surface area contributed by atoms with Crippen LogP contribution in [0.3, 0.4) is 0 Å². The highest BCUT2D eigenvalue weighted by atomic mass is 16.5. The number of benzene rings is 5. The number of amides is 2. The van der Waals surface area contributed by atoms with Crippen LogP contribution in [0.5, 0.6) is 11.6 Å². The molecule has 0 bridgehead atoms. The van der Waals surface area contributed by atoms with Crippen LogP contribution in [0.1, 0.15) is 47.6 Å². The van der Waals surface area contributed by atoms with E-state index in [1.165, 1.54) is 4.90 Å². The molecule has 7 aromatic rings. The van der Waals surface area contributed by atoms with Crippen LogP contribution in [0.25, 0.3) is 27.5 Å². The van der Waals surface area contributed by atoms with Crippen LogP contribution in [0, 0.1) is 17.8 Å². The number of nitrogens with zero attached hydrogens (tertiary/aromatic N) is 4. The fourth-order valence-electron chi connectivity index (χ4n) is 9.51. The number of aliphatic imine (C=N–C) groups is 1. The highest BCUT2D eigenvalue weighted by Crippen LogP contribution is 2.56. The molecule has 3 N–H and O–H groups in total. The van der Waals surface area contributed by atoms with E-state index in [9.17, 15) is 24.3 Å². The molecule has 292 valence electrons. The Kier molecular flexibility index (Phi) is 8.25. The number of hydrogen-bond donors (Lipinski definition) is 3. The standard InChI is InChI=1S/C31H28N4O4.C16H10N2O2/c1-17(2)16-23-25-26(29(38)34(28(25)37)18-12-14-19(39-3)15-13-18)31(33-23)21-9-5-7-11-24(21)35-27(36)20-8-4-6-10-22(20)32-30(31)35;19-15-10-6-2-4-8-12(10)17-14(15)13-9-5-1-3-7-11(9)18-16(13)20/h4-15,17,23,25-26,33H,16H2,1-3H3;1-8,18,20H/t23?,25-,26+,31?;/m0./s1. The number of rotatable bonds is 5. The Morgan fingerprint density at radius 2 is 1.51 bits per heavy atom. The first-order valence-electron chi connectivity index (χ1n) is 19.6. The van der Waals surface area contributed by atoms with Crippen molar-refractivity contribution in [3.8, 4) is 17.3 Å². The average molecular weight is 783 g/mol. The fraction of sp³-hybridized carbons (Fsp3) is 0.191. The molecule has 4 aliphatic rings. The van der Waals surface area contributed by atoms with E-state index in [0.29, 0.717) is 62.8 Å². The largest absolute Gasteiger partial charge is 0.497 e. The van der Waals surface area contributed by atoms with Crippen molar-refractivity contribution in [2.24, 2.45) is 22.7 Å². The molecule has 4 aliphatic heterocycles. The molecule has 1 spiro atoms. The zero-order valence-corrected chi connectivity index (χ0v) is 32.3. The molecular formula is C47H38N6O6. The summed E-state index contributed by atoms with van der Waals surface area (Å²) < 4.78 is 6.91. The summed E-state index contributed by atoms with van der Waals surface area (Å²) in [6.45, 7) is 4.22. The highest BCUT2D eigenvalue weighted by Gasteiger charge is 2.69. The number of hydrogen-bond acceptors (Lipinski definition) is 9. The minimum absolute atomic E-state index is 0.0221. The third-order valence-corrected chi connectivity index (χ3v) is 11.9. The van der Waals surface area contributed by atoms with Gasteiger partial charge in [-0.2, -0.15) is 0 Å². The third kappa shape index (κ3) is 5.25. The molecule has 2 aromatic heterocycles. The Labute approximate surface area is 337 Å². The van der Waals surface area contributed by atoms with Crippen LogP contribution in [0.15, 0.2) is 131 Å². The Morgan fingerprint density at radius 1 is 0.814 bits per heavy atom. The molecule has 2 fully saturated rings. The second-order valence-corrected chi connectivity index (χ2v) is 15.7. The zero-order chi connectivity index (χ0) is 40.7. The zero-order valence-electron chi connectivity index (χ0n) is 32.3. The summed E-state index contributed by atoms with van der Waals surface area (Å²) in [4.78, 5) is 68.5. The van der Waals surface area contributed by atoms with E-state index in [0.717, 1.165) is 16.5 Å². The quantitative estimate of drug-likeness (QED) is 0.158. The molecule has 6 heterocycles. The number of carbonyl (C=O) groups is 3. The summed E-state index contributed by atoms with van der Waals surface area (Å²) in [7, 11) is 1.57. The summed E-state index contributed by atoms with van der Waals surface area (Å²) in [5.74, 6) is -0.687. The number of para-hydroxylation sites is 4. The second kappa shape index (κ2) is 13.5. The fourth-order valence-corrected chi connectivity index (χ4v) is 9.51. The Balaban J connectivity index is 0.000000176. The van der Waals surface area contributed by atoms with Gasteiger partial charge in [0.05, 0.1) is 52.5 Å². The normalized spacial score (nSPS) is 21.2. The summed E-state index contributed by atoms with van der Waals surface area (Å²) in [6, 6.07) is 36.2. The van der Waals surface area contributed by atoms with Crippen molar-refractivity contribution in [2.45, 2.75) is 31.8 Å². The predicted molar refractivity (Wildman–Crippen MR) is 224 cm³/mol. The molecule has 0 saturated carbocycles. The van der Waals surface area contributed by atoms with Crippen molar-refractivity contribution in [3.05, 3.63) is 154 Å². The van der Waals surface area contributed by atoms with Gasteiger partial charge in [-0.3, -0.25) is 29.1 Å². The molecule has 2 unspecified atom stereocenters. The van der Waals surface area contributed by atoms with Crippen molar-refractivity contribution in [1.82, 2.24) is 19.9 Å². The molecule has 4 atom stereocenters. The van der Waals surface area contributed by atoms with Gasteiger partial charge >= 0.3 is 0 Å². The van der Waals surface area contributed by atoms with Gasteiger partial charge in [0.1, 0.15) is 22.8 Å². The molecule has 12 heteroatoms. The summed E-state index contributed by atoms with van der Waals surface area (Å²) >= 11 is 0. The van der Waals surface area contributed by atoms with E-state index < -0.39 is 17.4 Å². The van der Waals surface area contributed by atoms with E-state index in [4.69, 9.17) is 9.72 Å². The SMILES string of the molecule is COc1ccc(N2C(=O)[C@H]3C(CC(C)C)NC4(c5ccccc5-n5c4nc4ccccc4c5=O)[C@H]3C2=O)cc1.O=C1C(c2c(O)[nH]c3ccccc23)=Nc2ccccc21. The molecule has 0 radical (unpaired) electrons. The average Bonchev–Trinajstić information content (AvgIpc) is 4.00. The van der Waals surface area contributed by atoms with Crippen LogP contribution in [0.2, 0.25) is 0 Å². The maximum atomic E-state index is 14.4. The van der Waals surface area contributed by atoms with E-state index in [2.05, 4.69) is 29.1 Å². The van der Waals surface area contributed by atoms with Gasteiger partial charge in [-0.1, -0.05) is 74.5 Å². The number of nitrogens with one attached hydrogen (secondary N) is 2. The van der Waals surface area contributed by atoms with Crippen LogP contribution >= 0.6 is 0 Å². The lowest BCUT2D eigenvalue weighted by molar-refractivity contribution is -0.123. The maximum absolute atomic E-state index is 14.4. The number of aromatic amines is 1. The van der Waals surface area contributed by atoms with Crippen molar-refractivity contribution in [2.75, 3.05) is 12.0 Å². The topological polar surface area (TPSA) is 159 Å². The first kappa shape index (κ1) is 36.2. The van der Waals surface area contributed by atoms with Crippen molar-refractivity contribution < 1.29 is 24.2 Å². The van der Waals surface area contributed by atoms with Gasteiger partial charge < -0.3 is 14.8 Å². The van der Waals surface area contributed by atoms with E-state index in [-0.39, 0.29) is 41.0 Å².